The first-order chi connectivity index (χ1) is 7.52. The van der Waals surface area contributed by atoms with Crippen LogP contribution in [-0.4, -0.2) is 22.1 Å². The Morgan fingerprint density at radius 1 is 1.75 bits per heavy atom. The molecule has 5 heteroatoms. The maximum Gasteiger partial charge on any atom is 0.311 e. The Morgan fingerprint density at radius 2 is 2.50 bits per heavy atom. The molecule has 1 saturated carbocycles. The minimum atomic E-state index is -0.712. The molecule has 0 aromatic carbocycles. The number of carboxylic acids is 1. The van der Waals surface area contributed by atoms with Crippen LogP contribution in [0.2, 0.25) is 0 Å². The summed E-state index contributed by atoms with van der Waals surface area (Å²) in [6, 6.07) is -0.00412. The highest BCUT2D eigenvalue weighted by Gasteiger charge is 2.45. The van der Waals surface area contributed by atoms with Crippen molar-refractivity contribution in [2.45, 2.75) is 39.2 Å². The zero-order valence-corrected chi connectivity index (χ0v) is 10.3. The van der Waals surface area contributed by atoms with Gasteiger partial charge in [0.2, 0.25) is 0 Å². The Balaban J connectivity index is 2.12. The summed E-state index contributed by atoms with van der Waals surface area (Å²) in [7, 11) is 0. The van der Waals surface area contributed by atoms with E-state index in [0.29, 0.717) is 0 Å². The summed E-state index contributed by atoms with van der Waals surface area (Å²) in [4.78, 5) is 15.6. The Morgan fingerprint density at radius 3 is 3.06 bits per heavy atom. The van der Waals surface area contributed by atoms with Gasteiger partial charge in [-0.2, -0.15) is 0 Å². The first-order valence-electron chi connectivity index (χ1n) is 5.44. The summed E-state index contributed by atoms with van der Waals surface area (Å²) in [6.07, 6.45) is 2.61. The SMILES string of the molecule is Cc1csc(NC2CCCC2(C)C(=O)O)n1. The number of thiazole rings is 1. The molecule has 0 spiro atoms. The second-order valence-electron chi connectivity index (χ2n) is 4.61. The third-order valence-electron chi connectivity index (χ3n) is 3.36. The van der Waals surface area contributed by atoms with Crippen LogP contribution in [0.25, 0.3) is 0 Å². The molecule has 0 amide bonds. The Labute approximate surface area is 98.7 Å². The number of carboxylic acid groups (broad SMARTS) is 1. The van der Waals surface area contributed by atoms with Crippen LogP contribution in [0.4, 0.5) is 5.13 Å². The fourth-order valence-electron chi connectivity index (χ4n) is 2.22. The third kappa shape index (κ3) is 1.91. The summed E-state index contributed by atoms with van der Waals surface area (Å²) < 4.78 is 0. The molecule has 4 nitrogen and oxygen atoms in total. The summed E-state index contributed by atoms with van der Waals surface area (Å²) >= 11 is 1.53. The van der Waals surface area contributed by atoms with Crippen molar-refractivity contribution in [2.24, 2.45) is 5.41 Å². The van der Waals surface area contributed by atoms with Crippen molar-refractivity contribution in [3.05, 3.63) is 11.1 Å². The van der Waals surface area contributed by atoms with E-state index in [4.69, 9.17) is 0 Å². The van der Waals surface area contributed by atoms with Gasteiger partial charge in [-0.15, -0.1) is 11.3 Å². The van der Waals surface area contributed by atoms with E-state index in [1.165, 1.54) is 11.3 Å². The van der Waals surface area contributed by atoms with Crippen LogP contribution in [0.1, 0.15) is 31.9 Å². The number of aromatic nitrogens is 1. The molecule has 1 aromatic heterocycles. The van der Waals surface area contributed by atoms with Crippen LogP contribution in [0.5, 0.6) is 0 Å². The highest BCUT2D eigenvalue weighted by molar-refractivity contribution is 7.13. The fraction of sp³-hybridized carbons (Fsp3) is 0.636. The number of aryl methyl sites for hydroxylation is 1. The Kier molecular flexibility index (Phi) is 2.88. The van der Waals surface area contributed by atoms with Gasteiger partial charge < -0.3 is 10.4 Å². The van der Waals surface area contributed by atoms with Gasteiger partial charge in [0, 0.05) is 11.4 Å². The summed E-state index contributed by atoms with van der Waals surface area (Å²) in [5.74, 6) is -0.712. The number of hydrogen-bond acceptors (Lipinski definition) is 4. The van der Waals surface area contributed by atoms with Crippen LogP contribution in [0.3, 0.4) is 0 Å². The molecule has 1 aliphatic rings. The molecule has 88 valence electrons. The van der Waals surface area contributed by atoms with E-state index in [1.54, 1.807) is 0 Å². The van der Waals surface area contributed by atoms with Crippen molar-refractivity contribution in [3.8, 4) is 0 Å². The van der Waals surface area contributed by atoms with Gasteiger partial charge in [-0.3, -0.25) is 4.79 Å². The van der Waals surface area contributed by atoms with Gasteiger partial charge in [-0.25, -0.2) is 4.98 Å². The number of nitrogens with zero attached hydrogens (tertiary/aromatic N) is 1. The first-order valence-corrected chi connectivity index (χ1v) is 6.32. The maximum absolute atomic E-state index is 11.3. The quantitative estimate of drug-likeness (QED) is 0.852. The lowest BCUT2D eigenvalue weighted by Crippen LogP contribution is -2.40. The van der Waals surface area contributed by atoms with Gasteiger partial charge in [0.1, 0.15) is 0 Å². The second-order valence-corrected chi connectivity index (χ2v) is 5.46. The van der Waals surface area contributed by atoms with Crippen LogP contribution in [0, 0.1) is 12.3 Å². The number of anilines is 1. The predicted octanol–water partition coefficient (Wildman–Crippen LogP) is 2.51. The number of nitrogens with one attached hydrogen (secondary N) is 1. The van der Waals surface area contributed by atoms with E-state index >= 15 is 0 Å². The van der Waals surface area contributed by atoms with Gasteiger partial charge >= 0.3 is 5.97 Å². The summed E-state index contributed by atoms with van der Waals surface area (Å²) in [6.45, 7) is 3.76. The summed E-state index contributed by atoms with van der Waals surface area (Å²) in [5, 5.41) is 15.3. The number of carbonyl (C=O) groups is 1. The molecule has 2 N–H and O–H groups in total. The van der Waals surface area contributed by atoms with Crippen LogP contribution < -0.4 is 5.32 Å². The second kappa shape index (κ2) is 4.05. The smallest absolute Gasteiger partial charge is 0.311 e. The highest BCUT2D eigenvalue weighted by Crippen LogP contribution is 2.40. The fourth-order valence-corrected chi connectivity index (χ4v) is 2.96. The molecule has 0 bridgehead atoms. The van der Waals surface area contributed by atoms with E-state index < -0.39 is 11.4 Å². The molecule has 1 aliphatic carbocycles. The van der Waals surface area contributed by atoms with Gasteiger partial charge in [0.15, 0.2) is 5.13 Å². The van der Waals surface area contributed by atoms with E-state index in [2.05, 4.69) is 10.3 Å². The van der Waals surface area contributed by atoms with Gasteiger partial charge in [-0.1, -0.05) is 6.42 Å². The number of aliphatic carboxylic acids is 1. The Hall–Kier alpha value is -1.10. The van der Waals surface area contributed by atoms with Crippen LogP contribution in [-0.2, 0) is 4.79 Å². The number of rotatable bonds is 3. The average molecular weight is 240 g/mol. The van der Waals surface area contributed by atoms with Crippen molar-refractivity contribution in [1.82, 2.24) is 4.98 Å². The molecular formula is C11H16N2O2S. The average Bonchev–Trinajstić information content (AvgIpc) is 2.76. The molecule has 2 atom stereocenters. The predicted molar refractivity (Wildman–Crippen MR) is 63.9 cm³/mol. The van der Waals surface area contributed by atoms with Gasteiger partial charge in [-0.05, 0) is 26.7 Å². The molecule has 0 aliphatic heterocycles. The number of hydrogen-bond donors (Lipinski definition) is 2. The molecule has 1 aromatic rings. The molecule has 0 radical (unpaired) electrons. The largest absolute Gasteiger partial charge is 0.481 e. The minimum absolute atomic E-state index is 0.00412. The molecule has 2 unspecified atom stereocenters. The lowest BCUT2D eigenvalue weighted by Gasteiger charge is -2.27. The van der Waals surface area contributed by atoms with Crippen molar-refractivity contribution >= 4 is 22.4 Å². The van der Waals surface area contributed by atoms with E-state index in [0.717, 1.165) is 30.1 Å². The molecular weight excluding hydrogens is 224 g/mol. The zero-order chi connectivity index (χ0) is 11.8. The van der Waals surface area contributed by atoms with E-state index in [1.807, 2.05) is 19.2 Å². The first kappa shape index (κ1) is 11.4. The van der Waals surface area contributed by atoms with Crippen LogP contribution >= 0.6 is 11.3 Å². The van der Waals surface area contributed by atoms with Crippen molar-refractivity contribution < 1.29 is 9.90 Å². The monoisotopic (exact) mass is 240 g/mol. The minimum Gasteiger partial charge on any atom is -0.481 e. The normalized spacial score (nSPS) is 29.2. The molecule has 2 rings (SSSR count). The zero-order valence-electron chi connectivity index (χ0n) is 9.49. The van der Waals surface area contributed by atoms with E-state index in [9.17, 15) is 9.90 Å². The standard InChI is InChI=1S/C11H16N2O2S/c1-7-6-16-10(12-7)13-8-4-3-5-11(8,2)9(14)15/h6,8H,3-5H2,1-2H3,(H,12,13)(H,14,15). The maximum atomic E-state index is 11.3. The highest BCUT2D eigenvalue weighted by atomic mass is 32.1. The van der Waals surface area contributed by atoms with Crippen LogP contribution in [0.15, 0.2) is 5.38 Å². The lowest BCUT2D eigenvalue weighted by atomic mass is 9.85. The topological polar surface area (TPSA) is 62.2 Å². The van der Waals surface area contributed by atoms with Crippen molar-refractivity contribution in [1.29, 1.82) is 0 Å². The van der Waals surface area contributed by atoms with Crippen molar-refractivity contribution in [3.63, 3.8) is 0 Å². The van der Waals surface area contributed by atoms with Gasteiger partial charge in [0.25, 0.3) is 0 Å². The van der Waals surface area contributed by atoms with E-state index in [-0.39, 0.29) is 6.04 Å². The molecule has 1 heterocycles. The van der Waals surface area contributed by atoms with Crippen molar-refractivity contribution in [2.75, 3.05) is 5.32 Å². The Bertz CT molecular complexity index is 404. The third-order valence-corrected chi connectivity index (χ3v) is 4.25. The van der Waals surface area contributed by atoms with Gasteiger partial charge in [0.05, 0.1) is 11.1 Å². The summed E-state index contributed by atoms with van der Waals surface area (Å²) in [5.41, 5.74) is 0.321. The molecule has 16 heavy (non-hydrogen) atoms. The molecule has 0 saturated heterocycles. The lowest BCUT2D eigenvalue weighted by molar-refractivity contribution is -0.147. The molecule has 1 fully saturated rings.